The van der Waals surface area contributed by atoms with E-state index in [0.29, 0.717) is 23.2 Å². The van der Waals surface area contributed by atoms with Crippen LogP contribution in [0.5, 0.6) is 5.75 Å². The molecule has 18 heavy (non-hydrogen) atoms. The monoisotopic (exact) mass is 379 g/mol. The summed E-state index contributed by atoms with van der Waals surface area (Å²) in [5.74, 6) is 0.556. The third kappa shape index (κ3) is 4.26. The van der Waals surface area contributed by atoms with Gasteiger partial charge in [0.25, 0.3) is 5.91 Å². The standard InChI is InChI=1S/C12H15Br2NO3/c1-17-7-9(6-13)15-12(16)8-3-4-11(18-2)10(14)5-8/h3-5,9H,6-7H2,1-2H3,(H,15,16). The molecule has 100 valence electrons. The number of nitrogens with one attached hydrogen (secondary N) is 1. The van der Waals surface area contributed by atoms with E-state index in [-0.39, 0.29) is 11.9 Å². The molecule has 1 rings (SSSR count). The Kier molecular flexibility index (Phi) is 6.67. The van der Waals surface area contributed by atoms with Gasteiger partial charge < -0.3 is 14.8 Å². The highest BCUT2D eigenvalue weighted by Crippen LogP contribution is 2.25. The van der Waals surface area contributed by atoms with Crippen molar-refractivity contribution in [2.75, 3.05) is 26.2 Å². The van der Waals surface area contributed by atoms with Crippen LogP contribution in [0.15, 0.2) is 22.7 Å². The van der Waals surface area contributed by atoms with Crippen molar-refractivity contribution in [3.63, 3.8) is 0 Å². The van der Waals surface area contributed by atoms with Crippen molar-refractivity contribution in [1.29, 1.82) is 0 Å². The van der Waals surface area contributed by atoms with Gasteiger partial charge in [0.05, 0.1) is 24.2 Å². The molecule has 1 aromatic rings. The molecule has 0 saturated carbocycles. The Hall–Kier alpha value is -0.590. The van der Waals surface area contributed by atoms with Gasteiger partial charge in [0.1, 0.15) is 5.75 Å². The number of methoxy groups -OCH3 is 2. The van der Waals surface area contributed by atoms with E-state index in [1.165, 1.54) is 0 Å². The number of hydrogen-bond donors (Lipinski definition) is 1. The third-order valence-corrected chi connectivity index (χ3v) is 3.70. The summed E-state index contributed by atoms with van der Waals surface area (Å²) in [6.07, 6.45) is 0. The lowest BCUT2D eigenvalue weighted by Gasteiger charge is -2.15. The van der Waals surface area contributed by atoms with E-state index in [2.05, 4.69) is 37.2 Å². The fourth-order valence-electron chi connectivity index (χ4n) is 1.40. The van der Waals surface area contributed by atoms with Crippen molar-refractivity contribution in [2.45, 2.75) is 6.04 Å². The number of alkyl halides is 1. The van der Waals surface area contributed by atoms with Crippen LogP contribution in [0.2, 0.25) is 0 Å². The molecular weight excluding hydrogens is 366 g/mol. The van der Waals surface area contributed by atoms with E-state index in [4.69, 9.17) is 9.47 Å². The van der Waals surface area contributed by atoms with Crippen molar-refractivity contribution in [3.8, 4) is 5.75 Å². The molecule has 1 N–H and O–H groups in total. The van der Waals surface area contributed by atoms with Crippen molar-refractivity contribution in [3.05, 3.63) is 28.2 Å². The molecule has 1 amide bonds. The maximum atomic E-state index is 12.0. The van der Waals surface area contributed by atoms with Crippen LogP contribution in [0.4, 0.5) is 0 Å². The molecule has 0 aliphatic heterocycles. The molecule has 4 nitrogen and oxygen atoms in total. The summed E-state index contributed by atoms with van der Waals surface area (Å²) in [6.45, 7) is 0.467. The lowest BCUT2D eigenvalue weighted by Crippen LogP contribution is -2.39. The minimum Gasteiger partial charge on any atom is -0.496 e. The number of hydrogen-bond acceptors (Lipinski definition) is 3. The van der Waals surface area contributed by atoms with E-state index < -0.39 is 0 Å². The van der Waals surface area contributed by atoms with Gasteiger partial charge in [-0.05, 0) is 34.1 Å². The molecule has 0 saturated heterocycles. The number of rotatable bonds is 6. The van der Waals surface area contributed by atoms with Gasteiger partial charge in [-0.25, -0.2) is 0 Å². The molecule has 0 bridgehead atoms. The van der Waals surface area contributed by atoms with E-state index in [1.54, 1.807) is 32.4 Å². The lowest BCUT2D eigenvalue weighted by atomic mass is 10.2. The first-order valence-electron chi connectivity index (χ1n) is 5.31. The van der Waals surface area contributed by atoms with Gasteiger partial charge in [-0.1, -0.05) is 15.9 Å². The highest BCUT2D eigenvalue weighted by atomic mass is 79.9. The zero-order chi connectivity index (χ0) is 13.5. The Labute approximate surface area is 123 Å². The van der Waals surface area contributed by atoms with Gasteiger partial charge in [0.2, 0.25) is 0 Å². The second-order valence-corrected chi connectivity index (χ2v) is 5.13. The van der Waals surface area contributed by atoms with Gasteiger partial charge in [-0.3, -0.25) is 4.79 Å². The van der Waals surface area contributed by atoms with Crippen LogP contribution in [0.25, 0.3) is 0 Å². The molecule has 0 fully saturated rings. The Bertz CT molecular complexity index is 412. The van der Waals surface area contributed by atoms with Crippen molar-refractivity contribution in [1.82, 2.24) is 5.32 Å². The summed E-state index contributed by atoms with van der Waals surface area (Å²) >= 11 is 6.68. The predicted octanol–water partition coefficient (Wildman–Crippen LogP) is 2.60. The average molecular weight is 381 g/mol. The van der Waals surface area contributed by atoms with Gasteiger partial charge in [0.15, 0.2) is 0 Å². The summed E-state index contributed by atoms with van der Waals surface area (Å²) in [5.41, 5.74) is 0.574. The van der Waals surface area contributed by atoms with Crippen LogP contribution in [0.1, 0.15) is 10.4 Å². The SMILES string of the molecule is COCC(CBr)NC(=O)c1ccc(OC)c(Br)c1. The third-order valence-electron chi connectivity index (χ3n) is 2.30. The lowest BCUT2D eigenvalue weighted by molar-refractivity contribution is 0.0908. The first-order valence-corrected chi connectivity index (χ1v) is 7.23. The minimum absolute atomic E-state index is 0.0524. The fourth-order valence-corrected chi connectivity index (χ4v) is 2.29. The van der Waals surface area contributed by atoms with E-state index >= 15 is 0 Å². The maximum absolute atomic E-state index is 12.0. The summed E-state index contributed by atoms with van der Waals surface area (Å²) in [5, 5.41) is 3.52. The van der Waals surface area contributed by atoms with E-state index in [0.717, 1.165) is 4.47 Å². The highest BCUT2D eigenvalue weighted by molar-refractivity contribution is 9.10. The summed E-state index contributed by atoms with van der Waals surface area (Å²) in [4.78, 5) is 12.0. The zero-order valence-corrected chi connectivity index (χ0v) is 13.4. The van der Waals surface area contributed by atoms with E-state index in [1.807, 2.05) is 0 Å². The first-order chi connectivity index (χ1) is 8.62. The number of halogens is 2. The van der Waals surface area contributed by atoms with Crippen molar-refractivity contribution in [2.24, 2.45) is 0 Å². The largest absolute Gasteiger partial charge is 0.496 e. The van der Waals surface area contributed by atoms with Crippen LogP contribution < -0.4 is 10.1 Å². The summed E-state index contributed by atoms with van der Waals surface area (Å²) in [7, 11) is 3.19. The van der Waals surface area contributed by atoms with Crippen LogP contribution >= 0.6 is 31.9 Å². The molecule has 0 radical (unpaired) electrons. The normalized spacial score (nSPS) is 12.0. The number of carbonyl (C=O) groups excluding carboxylic acids is 1. The Morgan fingerprint density at radius 2 is 2.17 bits per heavy atom. The predicted molar refractivity (Wildman–Crippen MR) is 77.6 cm³/mol. The first kappa shape index (κ1) is 15.5. The quantitative estimate of drug-likeness (QED) is 0.771. The Morgan fingerprint density at radius 1 is 1.44 bits per heavy atom. The molecule has 0 aliphatic rings. The van der Waals surface area contributed by atoms with Crippen molar-refractivity contribution >= 4 is 37.8 Å². The molecule has 0 aliphatic carbocycles. The van der Waals surface area contributed by atoms with Gasteiger partial charge in [-0.15, -0.1) is 0 Å². The average Bonchev–Trinajstić information content (AvgIpc) is 2.37. The second-order valence-electron chi connectivity index (χ2n) is 3.63. The van der Waals surface area contributed by atoms with Gasteiger partial charge >= 0.3 is 0 Å². The molecule has 0 heterocycles. The number of ether oxygens (including phenoxy) is 2. The Morgan fingerprint density at radius 3 is 2.67 bits per heavy atom. The summed E-state index contributed by atoms with van der Waals surface area (Å²) < 4.78 is 10.9. The smallest absolute Gasteiger partial charge is 0.251 e. The molecule has 1 unspecified atom stereocenters. The second kappa shape index (κ2) is 7.76. The number of carbonyl (C=O) groups is 1. The topological polar surface area (TPSA) is 47.6 Å². The maximum Gasteiger partial charge on any atom is 0.251 e. The van der Waals surface area contributed by atoms with Crippen LogP contribution in [-0.4, -0.2) is 38.1 Å². The Balaban J connectivity index is 2.74. The molecular formula is C12H15Br2NO3. The minimum atomic E-state index is -0.139. The number of benzene rings is 1. The van der Waals surface area contributed by atoms with Crippen LogP contribution in [0.3, 0.4) is 0 Å². The molecule has 1 atom stereocenters. The molecule has 6 heteroatoms. The van der Waals surface area contributed by atoms with Gasteiger partial charge in [0, 0.05) is 18.0 Å². The van der Waals surface area contributed by atoms with Crippen molar-refractivity contribution < 1.29 is 14.3 Å². The van der Waals surface area contributed by atoms with Crippen LogP contribution in [-0.2, 0) is 4.74 Å². The van der Waals surface area contributed by atoms with Crippen LogP contribution in [0, 0.1) is 0 Å². The number of amides is 1. The molecule has 0 aromatic heterocycles. The van der Waals surface area contributed by atoms with E-state index in [9.17, 15) is 4.79 Å². The van der Waals surface area contributed by atoms with Gasteiger partial charge in [-0.2, -0.15) is 0 Å². The fraction of sp³-hybridized carbons (Fsp3) is 0.417. The molecule has 1 aromatic carbocycles. The highest BCUT2D eigenvalue weighted by Gasteiger charge is 2.13. The molecule has 0 spiro atoms. The zero-order valence-electron chi connectivity index (χ0n) is 10.2. The summed E-state index contributed by atoms with van der Waals surface area (Å²) in [6, 6.07) is 5.14.